The molecule has 1 heteroatoms. The van der Waals surface area contributed by atoms with Gasteiger partial charge in [0.05, 0.1) is 6.10 Å². The van der Waals surface area contributed by atoms with Crippen molar-refractivity contribution in [2.75, 3.05) is 0 Å². The van der Waals surface area contributed by atoms with Gasteiger partial charge >= 0.3 is 0 Å². The third kappa shape index (κ3) is 3.34. The highest BCUT2D eigenvalue weighted by Crippen LogP contribution is 2.20. The van der Waals surface area contributed by atoms with Gasteiger partial charge in [-0.15, -0.1) is 0 Å². The lowest BCUT2D eigenvalue weighted by Gasteiger charge is -2.23. The first kappa shape index (κ1) is 13.2. The average molecular weight is 220 g/mol. The van der Waals surface area contributed by atoms with Crippen LogP contribution in [0.1, 0.15) is 37.5 Å². The van der Waals surface area contributed by atoms with Crippen molar-refractivity contribution in [3.05, 3.63) is 34.9 Å². The quantitative estimate of drug-likeness (QED) is 0.823. The van der Waals surface area contributed by atoms with Crippen molar-refractivity contribution in [2.45, 2.75) is 47.1 Å². The molecule has 0 bridgehead atoms. The van der Waals surface area contributed by atoms with Crippen LogP contribution >= 0.6 is 0 Å². The molecule has 2 atom stereocenters. The molecule has 0 amide bonds. The highest BCUT2D eigenvalue weighted by atomic mass is 16.3. The molecule has 1 rings (SSSR count). The highest BCUT2D eigenvalue weighted by Gasteiger charge is 2.18. The molecule has 0 aliphatic carbocycles. The van der Waals surface area contributed by atoms with Crippen molar-refractivity contribution in [1.29, 1.82) is 0 Å². The molecule has 1 N–H and O–H groups in total. The Morgan fingerprint density at radius 2 is 1.75 bits per heavy atom. The van der Waals surface area contributed by atoms with Crippen molar-refractivity contribution >= 4 is 0 Å². The molecule has 1 aromatic rings. The molecule has 0 aromatic heterocycles. The van der Waals surface area contributed by atoms with Gasteiger partial charge in [0, 0.05) is 0 Å². The minimum atomic E-state index is -0.236. The van der Waals surface area contributed by atoms with E-state index >= 15 is 0 Å². The summed E-state index contributed by atoms with van der Waals surface area (Å²) in [6, 6.07) is 6.44. The van der Waals surface area contributed by atoms with Gasteiger partial charge in [0.1, 0.15) is 0 Å². The Morgan fingerprint density at radius 3 is 2.31 bits per heavy atom. The summed E-state index contributed by atoms with van der Waals surface area (Å²) in [5, 5.41) is 10.2. The Bertz CT molecular complexity index is 341. The van der Waals surface area contributed by atoms with Gasteiger partial charge in [-0.3, -0.25) is 0 Å². The zero-order valence-electron chi connectivity index (χ0n) is 11.1. The van der Waals surface area contributed by atoms with Crippen LogP contribution in [0.4, 0.5) is 0 Å². The topological polar surface area (TPSA) is 20.2 Å². The average Bonchev–Trinajstić information content (AvgIpc) is 2.22. The smallest absolute Gasteiger partial charge is 0.0608 e. The Hall–Kier alpha value is -0.820. The van der Waals surface area contributed by atoms with Crippen molar-refractivity contribution in [2.24, 2.45) is 11.8 Å². The fourth-order valence-electron chi connectivity index (χ4n) is 1.88. The van der Waals surface area contributed by atoms with Crippen molar-refractivity contribution in [3.8, 4) is 0 Å². The molecule has 0 fully saturated rings. The lowest BCUT2D eigenvalue weighted by Crippen LogP contribution is -2.24. The molecule has 0 spiro atoms. The minimum absolute atomic E-state index is 0.236. The number of aryl methyl sites for hydroxylation is 2. The normalized spacial score (nSPS) is 15.2. The Kier molecular flexibility index (Phi) is 4.55. The Balaban J connectivity index is 2.76. The summed E-state index contributed by atoms with van der Waals surface area (Å²) in [6.07, 6.45) is 0.535. The Labute approximate surface area is 99.5 Å². The van der Waals surface area contributed by atoms with Gasteiger partial charge in [-0.05, 0) is 43.2 Å². The summed E-state index contributed by atoms with van der Waals surface area (Å²) >= 11 is 0. The van der Waals surface area contributed by atoms with Crippen LogP contribution in [-0.4, -0.2) is 11.2 Å². The first-order valence-corrected chi connectivity index (χ1v) is 6.16. The number of benzene rings is 1. The molecule has 0 aliphatic rings. The van der Waals surface area contributed by atoms with E-state index in [1.165, 1.54) is 16.7 Å². The van der Waals surface area contributed by atoms with Crippen LogP contribution in [0.15, 0.2) is 18.2 Å². The van der Waals surface area contributed by atoms with Crippen LogP contribution in [0.5, 0.6) is 0 Å². The van der Waals surface area contributed by atoms with E-state index in [1.807, 2.05) is 0 Å². The highest BCUT2D eigenvalue weighted by molar-refractivity contribution is 5.30. The molecule has 0 heterocycles. The first-order valence-electron chi connectivity index (χ1n) is 6.16. The van der Waals surface area contributed by atoms with Gasteiger partial charge in [-0.2, -0.15) is 0 Å². The summed E-state index contributed by atoms with van der Waals surface area (Å²) in [7, 11) is 0. The van der Waals surface area contributed by atoms with Gasteiger partial charge in [-0.25, -0.2) is 0 Å². The fraction of sp³-hybridized carbons (Fsp3) is 0.600. The summed E-state index contributed by atoms with van der Waals surface area (Å²) in [6.45, 7) is 10.7. The summed E-state index contributed by atoms with van der Waals surface area (Å²) in [5.41, 5.74) is 3.82. The van der Waals surface area contributed by atoms with Crippen LogP contribution in [0.2, 0.25) is 0 Å². The largest absolute Gasteiger partial charge is 0.392 e. The molecule has 1 nitrogen and oxygen atoms in total. The second-order valence-electron chi connectivity index (χ2n) is 5.30. The summed E-state index contributed by atoms with van der Waals surface area (Å²) in [4.78, 5) is 0. The number of rotatable bonds is 4. The fourth-order valence-corrected chi connectivity index (χ4v) is 1.88. The molecule has 2 unspecified atom stereocenters. The second kappa shape index (κ2) is 5.49. The lowest BCUT2D eigenvalue weighted by atomic mass is 9.87. The van der Waals surface area contributed by atoms with Gasteiger partial charge in [0.25, 0.3) is 0 Å². The van der Waals surface area contributed by atoms with Crippen molar-refractivity contribution in [3.63, 3.8) is 0 Å². The second-order valence-corrected chi connectivity index (χ2v) is 5.30. The van der Waals surface area contributed by atoms with Crippen LogP contribution in [-0.2, 0) is 6.42 Å². The predicted octanol–water partition coefficient (Wildman–Crippen LogP) is 3.50. The molecule has 90 valence electrons. The molecule has 16 heavy (non-hydrogen) atoms. The van der Waals surface area contributed by atoms with E-state index in [-0.39, 0.29) is 6.10 Å². The molecule has 0 saturated heterocycles. The molecular weight excluding hydrogens is 196 g/mol. The zero-order valence-corrected chi connectivity index (χ0v) is 11.1. The van der Waals surface area contributed by atoms with Crippen molar-refractivity contribution in [1.82, 2.24) is 0 Å². The molecule has 1 aromatic carbocycles. The number of aliphatic hydroxyl groups excluding tert-OH is 1. The summed E-state index contributed by atoms with van der Waals surface area (Å²) in [5.74, 6) is 0.875. The van der Waals surface area contributed by atoms with E-state index < -0.39 is 0 Å². The SMILES string of the molecule is Cc1ccc(C)c(CC(O)C(C)C(C)C)c1. The predicted molar refractivity (Wildman–Crippen MR) is 69.6 cm³/mol. The van der Waals surface area contributed by atoms with Crippen LogP contribution in [0.25, 0.3) is 0 Å². The van der Waals surface area contributed by atoms with Gasteiger partial charge < -0.3 is 5.11 Å². The maximum absolute atomic E-state index is 10.2. The van der Waals surface area contributed by atoms with E-state index in [2.05, 4.69) is 52.8 Å². The van der Waals surface area contributed by atoms with Gasteiger partial charge in [0.15, 0.2) is 0 Å². The molecular formula is C15H24O. The monoisotopic (exact) mass is 220 g/mol. The van der Waals surface area contributed by atoms with Gasteiger partial charge in [-0.1, -0.05) is 44.5 Å². The van der Waals surface area contributed by atoms with Gasteiger partial charge in [0.2, 0.25) is 0 Å². The van der Waals surface area contributed by atoms with Crippen molar-refractivity contribution < 1.29 is 5.11 Å². The van der Waals surface area contributed by atoms with E-state index in [9.17, 15) is 5.11 Å². The Morgan fingerprint density at radius 1 is 1.12 bits per heavy atom. The maximum atomic E-state index is 10.2. The lowest BCUT2D eigenvalue weighted by molar-refractivity contribution is 0.0920. The third-order valence-corrected chi connectivity index (χ3v) is 3.59. The van der Waals surface area contributed by atoms with Crippen LogP contribution in [0, 0.1) is 25.7 Å². The van der Waals surface area contributed by atoms with Crippen LogP contribution < -0.4 is 0 Å². The minimum Gasteiger partial charge on any atom is -0.392 e. The molecule has 0 aliphatic heterocycles. The van der Waals surface area contributed by atoms with E-state index in [1.54, 1.807) is 0 Å². The zero-order chi connectivity index (χ0) is 12.3. The first-order chi connectivity index (χ1) is 7.41. The number of hydrogen-bond donors (Lipinski definition) is 1. The molecule has 0 saturated carbocycles. The number of aliphatic hydroxyl groups is 1. The standard InChI is InChI=1S/C15H24O/c1-10(2)13(5)15(16)9-14-8-11(3)6-7-12(14)4/h6-8,10,13,15-16H,9H2,1-5H3. The van der Waals surface area contributed by atoms with E-state index in [0.717, 1.165) is 6.42 Å². The van der Waals surface area contributed by atoms with E-state index in [4.69, 9.17) is 0 Å². The van der Waals surface area contributed by atoms with Crippen LogP contribution in [0.3, 0.4) is 0 Å². The third-order valence-electron chi connectivity index (χ3n) is 3.59. The number of hydrogen-bond acceptors (Lipinski definition) is 1. The maximum Gasteiger partial charge on any atom is 0.0608 e. The molecule has 0 radical (unpaired) electrons. The van der Waals surface area contributed by atoms with E-state index in [0.29, 0.717) is 11.8 Å². The summed E-state index contributed by atoms with van der Waals surface area (Å²) < 4.78 is 0.